The molecule has 0 radical (unpaired) electrons. The fraction of sp³-hybridized carbons (Fsp3) is 0.750. The molecule has 3 nitrogen and oxygen atoms in total. The molecule has 0 N–H and O–H groups in total. The van der Waals surface area contributed by atoms with E-state index in [-0.39, 0.29) is 0 Å². The summed E-state index contributed by atoms with van der Waals surface area (Å²) >= 11 is 2.40. The maximum absolute atomic E-state index is 4.09. The van der Waals surface area contributed by atoms with Crippen molar-refractivity contribution in [2.45, 2.75) is 37.2 Å². The van der Waals surface area contributed by atoms with Gasteiger partial charge in [0.05, 0.1) is 5.69 Å². The number of hydrogen-bond acceptors (Lipinski definition) is 2. The van der Waals surface area contributed by atoms with Gasteiger partial charge in [0.15, 0.2) is 0 Å². The number of nitrogens with zero attached hydrogens (tertiary/aromatic N) is 3. The van der Waals surface area contributed by atoms with Crippen LogP contribution in [0.5, 0.6) is 0 Å². The third-order valence-corrected chi connectivity index (χ3v) is 2.02. The largest absolute Gasteiger partial charge is 0.250 e. The van der Waals surface area contributed by atoms with Gasteiger partial charge >= 0.3 is 0 Å². The van der Waals surface area contributed by atoms with Gasteiger partial charge in [0, 0.05) is 22.6 Å². The maximum atomic E-state index is 4.09. The van der Waals surface area contributed by atoms with Crippen LogP contribution in [0.25, 0.3) is 0 Å². The highest BCUT2D eigenvalue weighted by Crippen LogP contribution is 2.08. The highest BCUT2D eigenvalue weighted by Gasteiger charge is 2.05. The molecule has 0 aliphatic rings. The third-order valence-electron chi connectivity index (χ3n) is 1.58. The lowest BCUT2D eigenvalue weighted by atomic mass is 10.3. The summed E-state index contributed by atoms with van der Waals surface area (Å²) in [7, 11) is 0. The number of rotatable bonds is 3. The molecule has 68 valence electrons. The predicted molar refractivity (Wildman–Crippen MR) is 57.6 cm³/mol. The average Bonchev–Trinajstić information content (AvgIpc) is 2.34. The van der Waals surface area contributed by atoms with Crippen molar-refractivity contribution in [3.63, 3.8) is 0 Å². The summed E-state index contributed by atoms with van der Waals surface area (Å²) in [5, 5.41) is 8.12. The van der Waals surface area contributed by atoms with Crippen molar-refractivity contribution < 1.29 is 0 Å². The molecule has 0 spiro atoms. The van der Waals surface area contributed by atoms with Gasteiger partial charge in [-0.2, -0.15) is 0 Å². The van der Waals surface area contributed by atoms with Gasteiger partial charge in [-0.3, -0.25) is 0 Å². The lowest BCUT2D eigenvalue weighted by Gasteiger charge is -2.01. The Balaban J connectivity index is 2.64. The molecule has 0 bridgehead atoms. The monoisotopic (exact) mass is 279 g/mol. The van der Waals surface area contributed by atoms with Crippen LogP contribution in [0, 0.1) is 0 Å². The zero-order chi connectivity index (χ0) is 9.14. The van der Waals surface area contributed by atoms with Crippen molar-refractivity contribution in [1.82, 2.24) is 15.0 Å². The van der Waals surface area contributed by atoms with Gasteiger partial charge < -0.3 is 0 Å². The van der Waals surface area contributed by atoms with Crippen LogP contribution in [0.3, 0.4) is 0 Å². The number of alkyl halides is 1. The average molecular weight is 279 g/mol. The first-order valence-electron chi connectivity index (χ1n) is 4.14. The van der Waals surface area contributed by atoms with Crippen molar-refractivity contribution in [2.24, 2.45) is 0 Å². The van der Waals surface area contributed by atoms with Gasteiger partial charge in [-0.25, -0.2) is 4.68 Å². The predicted octanol–water partition coefficient (Wildman–Crippen LogP) is 2.22. The summed E-state index contributed by atoms with van der Waals surface area (Å²) in [5.74, 6) is 0. The van der Waals surface area contributed by atoms with Crippen LogP contribution in [-0.2, 0) is 6.42 Å². The van der Waals surface area contributed by atoms with Crippen LogP contribution in [0.2, 0.25) is 0 Å². The zero-order valence-electron chi connectivity index (χ0n) is 7.66. The topological polar surface area (TPSA) is 30.7 Å². The van der Waals surface area contributed by atoms with E-state index in [1.54, 1.807) is 0 Å². The van der Waals surface area contributed by atoms with E-state index in [4.69, 9.17) is 0 Å². The lowest BCUT2D eigenvalue weighted by Crippen LogP contribution is -2.00. The normalized spacial score (nSPS) is 13.8. The second kappa shape index (κ2) is 4.20. The molecule has 0 aromatic carbocycles. The quantitative estimate of drug-likeness (QED) is 0.627. The highest BCUT2D eigenvalue weighted by atomic mass is 127. The smallest absolute Gasteiger partial charge is 0.0837 e. The van der Waals surface area contributed by atoms with Crippen LogP contribution >= 0.6 is 22.6 Å². The van der Waals surface area contributed by atoms with Crippen molar-refractivity contribution in [2.75, 3.05) is 0 Å². The molecule has 0 aliphatic heterocycles. The Kier molecular flexibility index (Phi) is 3.49. The van der Waals surface area contributed by atoms with Gasteiger partial charge in [-0.05, 0) is 13.8 Å². The highest BCUT2D eigenvalue weighted by molar-refractivity contribution is 14.1. The molecule has 1 aromatic rings. The van der Waals surface area contributed by atoms with Crippen LogP contribution in [0.15, 0.2) is 6.20 Å². The molecule has 0 saturated carbocycles. The minimum absolute atomic E-state index is 0.413. The van der Waals surface area contributed by atoms with Gasteiger partial charge in [0.25, 0.3) is 0 Å². The fourth-order valence-electron chi connectivity index (χ4n) is 0.947. The summed E-state index contributed by atoms with van der Waals surface area (Å²) in [6.45, 7) is 6.38. The summed E-state index contributed by atoms with van der Waals surface area (Å²) in [5.41, 5.74) is 1.09. The molecule has 1 aromatic heterocycles. The lowest BCUT2D eigenvalue weighted by molar-refractivity contribution is 0.514. The van der Waals surface area contributed by atoms with Crippen LogP contribution < -0.4 is 0 Å². The van der Waals surface area contributed by atoms with Crippen LogP contribution in [0.1, 0.15) is 32.5 Å². The number of aromatic nitrogens is 3. The Morgan fingerprint density at radius 2 is 2.17 bits per heavy atom. The molecule has 0 fully saturated rings. The Bertz CT molecular complexity index is 242. The van der Waals surface area contributed by atoms with Crippen molar-refractivity contribution in [1.29, 1.82) is 0 Å². The Labute approximate surface area is 86.7 Å². The second-order valence-electron chi connectivity index (χ2n) is 3.27. The van der Waals surface area contributed by atoms with E-state index in [0.717, 1.165) is 12.1 Å². The van der Waals surface area contributed by atoms with Crippen LogP contribution in [0.4, 0.5) is 0 Å². The minimum Gasteiger partial charge on any atom is -0.250 e. The molecular formula is C8H14IN3. The maximum Gasteiger partial charge on any atom is 0.0837 e. The van der Waals surface area contributed by atoms with Gasteiger partial charge in [-0.15, -0.1) is 5.10 Å². The van der Waals surface area contributed by atoms with Crippen molar-refractivity contribution >= 4 is 22.6 Å². The standard InChI is InChI=1S/C8H14IN3/c1-6(2)12-5-8(10-11-12)4-7(3)9/h5-7H,4H2,1-3H3. The molecule has 0 aliphatic carbocycles. The molecule has 12 heavy (non-hydrogen) atoms. The molecule has 0 saturated heterocycles. The SMILES string of the molecule is CC(I)Cc1cn(C(C)C)nn1. The molecule has 0 amide bonds. The first kappa shape index (κ1) is 9.95. The molecule has 1 unspecified atom stereocenters. The Morgan fingerprint density at radius 1 is 1.50 bits per heavy atom. The van der Waals surface area contributed by atoms with Gasteiger partial charge in [0.2, 0.25) is 0 Å². The van der Waals surface area contributed by atoms with E-state index in [0.29, 0.717) is 9.97 Å². The van der Waals surface area contributed by atoms with Crippen molar-refractivity contribution in [3.8, 4) is 0 Å². The second-order valence-corrected chi connectivity index (χ2v) is 5.39. The molecular weight excluding hydrogens is 265 g/mol. The first-order valence-corrected chi connectivity index (χ1v) is 5.39. The van der Waals surface area contributed by atoms with E-state index >= 15 is 0 Å². The molecule has 1 atom stereocenters. The molecule has 1 heterocycles. The van der Waals surface area contributed by atoms with E-state index in [9.17, 15) is 0 Å². The van der Waals surface area contributed by atoms with Crippen LogP contribution in [-0.4, -0.2) is 18.9 Å². The Hall–Kier alpha value is -0.130. The summed E-state index contributed by atoms with van der Waals surface area (Å²) in [6.07, 6.45) is 3.03. The first-order chi connectivity index (χ1) is 5.59. The van der Waals surface area contributed by atoms with E-state index in [1.807, 2.05) is 10.9 Å². The Morgan fingerprint density at radius 3 is 2.58 bits per heavy atom. The van der Waals surface area contributed by atoms with E-state index < -0.39 is 0 Å². The summed E-state index contributed by atoms with van der Waals surface area (Å²) in [4.78, 5) is 0. The molecule has 4 heteroatoms. The number of hydrogen-bond donors (Lipinski definition) is 0. The third kappa shape index (κ3) is 2.73. The summed E-state index contributed by atoms with van der Waals surface area (Å²) in [6, 6.07) is 0.413. The van der Waals surface area contributed by atoms with Crippen molar-refractivity contribution in [3.05, 3.63) is 11.9 Å². The minimum atomic E-state index is 0.413. The zero-order valence-corrected chi connectivity index (χ0v) is 9.82. The van der Waals surface area contributed by atoms with Gasteiger partial charge in [-0.1, -0.05) is 34.7 Å². The van der Waals surface area contributed by atoms with Gasteiger partial charge in [0.1, 0.15) is 0 Å². The molecule has 1 rings (SSSR count). The van der Waals surface area contributed by atoms with E-state index in [1.165, 1.54) is 0 Å². The van der Waals surface area contributed by atoms with E-state index in [2.05, 4.69) is 53.7 Å². The fourth-order valence-corrected chi connectivity index (χ4v) is 1.40. The summed E-state index contributed by atoms with van der Waals surface area (Å²) < 4.78 is 2.52. The number of halogens is 1.